The number of carbonyl (C=O) groups excluding carboxylic acids is 1. The zero-order chi connectivity index (χ0) is 19.5. The number of benzene rings is 3. The van der Waals surface area contributed by atoms with E-state index in [1.807, 2.05) is 55.5 Å². The summed E-state index contributed by atoms with van der Waals surface area (Å²) < 4.78 is 1.41. The van der Waals surface area contributed by atoms with E-state index in [9.17, 15) is 9.90 Å². The molecule has 2 N–H and O–H groups in total. The summed E-state index contributed by atoms with van der Waals surface area (Å²) in [6.45, 7) is 1.91. The minimum absolute atomic E-state index is 0.137. The Hall–Kier alpha value is -4.00. The van der Waals surface area contributed by atoms with Crippen molar-refractivity contribution in [2.45, 2.75) is 6.92 Å². The molecule has 0 bridgehead atoms. The van der Waals surface area contributed by atoms with Gasteiger partial charge in [-0.05, 0) is 35.4 Å². The monoisotopic (exact) mass is 371 g/mol. The van der Waals surface area contributed by atoms with Crippen LogP contribution in [0.25, 0.3) is 10.8 Å². The molecule has 0 atom stereocenters. The largest absolute Gasteiger partial charge is 0.506 e. The maximum Gasteiger partial charge on any atom is 0.259 e. The molecule has 0 unspecified atom stereocenters. The van der Waals surface area contributed by atoms with Crippen LogP contribution in [0.3, 0.4) is 0 Å². The molecule has 28 heavy (non-hydrogen) atoms. The lowest BCUT2D eigenvalue weighted by molar-refractivity contribution is 0.102. The number of aromatic nitrogens is 3. The van der Waals surface area contributed by atoms with Crippen molar-refractivity contribution in [1.82, 2.24) is 14.9 Å². The van der Waals surface area contributed by atoms with E-state index < -0.39 is 5.91 Å². The van der Waals surface area contributed by atoms with Gasteiger partial charge in [0, 0.05) is 11.3 Å². The second-order valence-electron chi connectivity index (χ2n) is 6.26. The fraction of sp³-hybridized carbons (Fsp3) is 0.0476. The number of carbonyl (C=O) groups is 1. The van der Waals surface area contributed by atoms with Gasteiger partial charge in [0.05, 0.1) is 11.8 Å². The van der Waals surface area contributed by atoms with Crippen molar-refractivity contribution >= 4 is 28.6 Å². The summed E-state index contributed by atoms with van der Waals surface area (Å²) in [5, 5.41) is 26.9. The number of amides is 1. The van der Waals surface area contributed by atoms with Gasteiger partial charge in [-0.2, -0.15) is 5.10 Å². The van der Waals surface area contributed by atoms with E-state index in [1.165, 1.54) is 23.5 Å². The molecule has 0 fully saturated rings. The maximum absolute atomic E-state index is 12.9. The van der Waals surface area contributed by atoms with Crippen molar-refractivity contribution in [2.24, 2.45) is 5.10 Å². The van der Waals surface area contributed by atoms with Crippen LogP contribution in [-0.2, 0) is 0 Å². The zero-order valence-corrected chi connectivity index (χ0v) is 15.1. The second-order valence-corrected chi connectivity index (χ2v) is 6.26. The van der Waals surface area contributed by atoms with E-state index in [0.717, 1.165) is 16.3 Å². The number of fused-ring (bicyclic) bond motifs is 1. The lowest BCUT2D eigenvalue weighted by Gasteiger charge is -2.13. The van der Waals surface area contributed by atoms with E-state index in [1.54, 1.807) is 6.07 Å². The minimum Gasteiger partial charge on any atom is -0.506 e. The molecule has 0 aliphatic heterocycles. The Labute approximate surface area is 161 Å². The highest BCUT2D eigenvalue weighted by molar-refractivity contribution is 6.13. The van der Waals surface area contributed by atoms with Gasteiger partial charge >= 0.3 is 0 Å². The van der Waals surface area contributed by atoms with Gasteiger partial charge < -0.3 is 10.4 Å². The Kier molecular flexibility index (Phi) is 4.55. The first-order valence-corrected chi connectivity index (χ1v) is 8.64. The smallest absolute Gasteiger partial charge is 0.259 e. The summed E-state index contributed by atoms with van der Waals surface area (Å²) in [5.41, 5.74) is 2.25. The molecule has 0 aliphatic carbocycles. The van der Waals surface area contributed by atoms with E-state index in [0.29, 0.717) is 11.3 Å². The molecule has 0 aliphatic rings. The molecule has 0 saturated carbocycles. The fourth-order valence-electron chi connectivity index (χ4n) is 2.95. The van der Waals surface area contributed by atoms with Gasteiger partial charge in [-0.15, -0.1) is 10.2 Å². The number of nitrogens with zero attached hydrogens (tertiary/aromatic N) is 4. The van der Waals surface area contributed by atoms with Crippen molar-refractivity contribution in [3.8, 4) is 5.75 Å². The Morgan fingerprint density at radius 1 is 1.11 bits per heavy atom. The zero-order valence-electron chi connectivity index (χ0n) is 15.1. The van der Waals surface area contributed by atoms with Gasteiger partial charge in [0.15, 0.2) is 0 Å². The molecule has 7 nitrogen and oxygen atoms in total. The van der Waals surface area contributed by atoms with Gasteiger partial charge in [0.2, 0.25) is 0 Å². The third kappa shape index (κ3) is 3.33. The molecule has 4 aromatic rings. The average molecular weight is 371 g/mol. The maximum atomic E-state index is 12.9. The summed E-state index contributed by atoms with van der Waals surface area (Å²) in [5.74, 6) is -0.530. The van der Waals surface area contributed by atoms with E-state index in [2.05, 4.69) is 20.6 Å². The number of aryl methyl sites for hydroxylation is 1. The normalized spacial score (nSPS) is 11.2. The van der Waals surface area contributed by atoms with Crippen LogP contribution in [0.15, 0.2) is 72.4 Å². The first kappa shape index (κ1) is 17.4. The molecule has 0 spiro atoms. The molecule has 4 rings (SSSR count). The number of para-hydroxylation sites is 1. The molecule has 138 valence electrons. The SMILES string of the molecule is Cc1ccccc1NC(=O)c1cc2ccccc2c(/C=N/n2cnnc2)c1O. The van der Waals surface area contributed by atoms with Crippen LogP contribution in [0.2, 0.25) is 0 Å². The highest BCUT2D eigenvalue weighted by atomic mass is 16.3. The first-order chi connectivity index (χ1) is 13.6. The number of phenolic OH excluding ortho intramolecular Hbond substituents is 1. The van der Waals surface area contributed by atoms with Crippen LogP contribution < -0.4 is 5.32 Å². The fourth-order valence-corrected chi connectivity index (χ4v) is 2.95. The lowest BCUT2D eigenvalue weighted by atomic mass is 9.99. The average Bonchev–Trinajstić information content (AvgIpc) is 3.22. The van der Waals surface area contributed by atoms with Crippen LogP contribution in [0, 0.1) is 6.92 Å². The highest BCUT2D eigenvalue weighted by Crippen LogP contribution is 2.31. The number of phenols is 1. The second kappa shape index (κ2) is 7.32. The molecule has 7 heteroatoms. The summed E-state index contributed by atoms with van der Waals surface area (Å²) in [4.78, 5) is 12.9. The standard InChI is InChI=1S/C21H17N5O2/c1-14-6-2-5-9-19(14)25-21(28)17-10-15-7-3-4-8-16(15)18(20(17)27)11-24-26-12-22-23-13-26/h2-13,27H,1H3,(H,25,28)/b24-11+. The summed E-state index contributed by atoms with van der Waals surface area (Å²) in [7, 11) is 0. The number of aromatic hydroxyl groups is 1. The number of anilines is 1. The molecular formula is C21H17N5O2. The van der Waals surface area contributed by atoms with Gasteiger partial charge in [-0.1, -0.05) is 42.5 Å². The summed E-state index contributed by atoms with van der Waals surface area (Å²) >= 11 is 0. The summed E-state index contributed by atoms with van der Waals surface area (Å²) in [6, 6.07) is 16.6. The topological polar surface area (TPSA) is 92.4 Å². The third-order valence-corrected chi connectivity index (χ3v) is 4.43. The number of rotatable bonds is 4. The Bertz CT molecular complexity index is 1180. The molecular weight excluding hydrogens is 354 g/mol. The molecule has 0 radical (unpaired) electrons. The molecule has 0 saturated heterocycles. The van der Waals surface area contributed by atoms with Crippen molar-refractivity contribution in [2.75, 3.05) is 5.32 Å². The van der Waals surface area contributed by atoms with E-state index >= 15 is 0 Å². The van der Waals surface area contributed by atoms with Crippen LogP contribution in [0.4, 0.5) is 5.69 Å². The van der Waals surface area contributed by atoms with Gasteiger partial charge in [-0.25, -0.2) is 4.68 Å². The van der Waals surface area contributed by atoms with Gasteiger partial charge in [-0.3, -0.25) is 4.79 Å². The van der Waals surface area contributed by atoms with Crippen LogP contribution in [-0.4, -0.2) is 32.1 Å². The van der Waals surface area contributed by atoms with E-state index in [-0.39, 0.29) is 11.3 Å². The van der Waals surface area contributed by atoms with Gasteiger partial charge in [0.25, 0.3) is 5.91 Å². The quantitative estimate of drug-likeness (QED) is 0.536. The Morgan fingerprint density at radius 3 is 2.61 bits per heavy atom. The molecule has 1 aromatic heterocycles. The first-order valence-electron chi connectivity index (χ1n) is 8.64. The summed E-state index contributed by atoms with van der Waals surface area (Å²) in [6.07, 6.45) is 4.36. The van der Waals surface area contributed by atoms with Crippen LogP contribution >= 0.6 is 0 Å². The predicted molar refractivity (Wildman–Crippen MR) is 108 cm³/mol. The molecule has 3 aromatic carbocycles. The van der Waals surface area contributed by atoms with Crippen molar-refractivity contribution in [1.29, 1.82) is 0 Å². The minimum atomic E-state index is -0.392. The molecule has 1 amide bonds. The highest BCUT2D eigenvalue weighted by Gasteiger charge is 2.18. The number of nitrogens with one attached hydrogen (secondary N) is 1. The Balaban J connectivity index is 1.79. The lowest BCUT2D eigenvalue weighted by Crippen LogP contribution is -2.13. The van der Waals surface area contributed by atoms with Crippen molar-refractivity contribution < 1.29 is 9.90 Å². The van der Waals surface area contributed by atoms with Gasteiger partial charge in [0.1, 0.15) is 18.4 Å². The number of hydrogen-bond donors (Lipinski definition) is 2. The van der Waals surface area contributed by atoms with Crippen LogP contribution in [0.5, 0.6) is 5.75 Å². The predicted octanol–water partition coefficient (Wildman–Crippen LogP) is 3.58. The molecule has 1 heterocycles. The number of hydrogen-bond acceptors (Lipinski definition) is 5. The third-order valence-electron chi connectivity index (χ3n) is 4.43. The van der Waals surface area contributed by atoms with Crippen molar-refractivity contribution in [3.05, 3.63) is 83.9 Å². The van der Waals surface area contributed by atoms with E-state index in [4.69, 9.17) is 0 Å². The van der Waals surface area contributed by atoms with Crippen LogP contribution in [0.1, 0.15) is 21.5 Å². The Morgan fingerprint density at radius 2 is 1.82 bits per heavy atom. The van der Waals surface area contributed by atoms with Crippen molar-refractivity contribution in [3.63, 3.8) is 0 Å².